The highest BCUT2D eigenvalue weighted by atomic mass is 79.9. The molecule has 0 amide bonds. The van der Waals surface area contributed by atoms with Gasteiger partial charge in [-0.25, -0.2) is 9.98 Å². The largest absolute Gasteiger partial charge is 0.235 e. The van der Waals surface area contributed by atoms with Crippen molar-refractivity contribution in [2.75, 3.05) is 0 Å². The molecule has 14 heavy (non-hydrogen) atoms. The maximum absolute atomic E-state index is 4.26. The number of aliphatic imine (C=N–C) groups is 1. The summed E-state index contributed by atoms with van der Waals surface area (Å²) in [5, 5.41) is 0. The SMILES string of the molecule is Brc1scnc1/N=C/c1ccccc1. The minimum Gasteiger partial charge on any atom is -0.235 e. The topological polar surface area (TPSA) is 25.2 Å². The fraction of sp³-hybridized carbons (Fsp3) is 0. The molecule has 1 heterocycles. The minimum absolute atomic E-state index is 0.735. The molecule has 2 aromatic rings. The minimum atomic E-state index is 0.735. The molecule has 4 heteroatoms. The average molecular weight is 267 g/mol. The second-order valence-corrected chi connectivity index (χ2v) is 4.79. The van der Waals surface area contributed by atoms with Crippen LogP contribution in [0.25, 0.3) is 0 Å². The van der Waals surface area contributed by atoms with Crippen LogP contribution < -0.4 is 0 Å². The molecule has 0 aliphatic carbocycles. The normalized spacial score (nSPS) is 10.9. The van der Waals surface area contributed by atoms with E-state index >= 15 is 0 Å². The predicted molar refractivity (Wildman–Crippen MR) is 63.5 cm³/mol. The molecule has 0 fully saturated rings. The van der Waals surface area contributed by atoms with Gasteiger partial charge in [-0.2, -0.15) is 0 Å². The van der Waals surface area contributed by atoms with Gasteiger partial charge in [0.15, 0.2) is 5.82 Å². The van der Waals surface area contributed by atoms with Crippen LogP contribution in [0, 0.1) is 0 Å². The second-order valence-electron chi connectivity index (χ2n) is 2.62. The Labute approximate surface area is 94.5 Å². The highest BCUT2D eigenvalue weighted by Crippen LogP contribution is 2.27. The van der Waals surface area contributed by atoms with Crippen LogP contribution in [-0.2, 0) is 0 Å². The number of benzene rings is 1. The molecule has 0 aliphatic rings. The van der Waals surface area contributed by atoms with Crippen LogP contribution in [0.2, 0.25) is 0 Å². The first-order valence-corrected chi connectivity index (χ1v) is 5.71. The molecular weight excluding hydrogens is 260 g/mol. The Hall–Kier alpha value is -1.00. The molecule has 0 spiro atoms. The number of hydrogen-bond donors (Lipinski definition) is 0. The highest BCUT2D eigenvalue weighted by Gasteiger charge is 1.98. The first-order chi connectivity index (χ1) is 6.86. The third kappa shape index (κ3) is 2.27. The third-order valence-electron chi connectivity index (χ3n) is 1.64. The summed E-state index contributed by atoms with van der Waals surface area (Å²) in [5.41, 5.74) is 2.84. The van der Waals surface area contributed by atoms with Gasteiger partial charge in [-0.1, -0.05) is 30.3 Å². The summed E-state index contributed by atoms with van der Waals surface area (Å²) in [6.07, 6.45) is 1.81. The van der Waals surface area contributed by atoms with Gasteiger partial charge in [0.1, 0.15) is 3.79 Å². The lowest BCUT2D eigenvalue weighted by atomic mass is 10.2. The van der Waals surface area contributed by atoms with Gasteiger partial charge in [-0.15, -0.1) is 11.3 Å². The molecule has 0 saturated carbocycles. The van der Waals surface area contributed by atoms with Crippen molar-refractivity contribution in [2.24, 2.45) is 4.99 Å². The number of nitrogens with zero attached hydrogens (tertiary/aromatic N) is 2. The van der Waals surface area contributed by atoms with Crippen molar-refractivity contribution >= 4 is 39.3 Å². The molecule has 0 saturated heterocycles. The van der Waals surface area contributed by atoms with Gasteiger partial charge in [0, 0.05) is 6.21 Å². The fourth-order valence-electron chi connectivity index (χ4n) is 0.985. The summed E-state index contributed by atoms with van der Waals surface area (Å²) in [6, 6.07) is 9.96. The molecule has 1 aromatic carbocycles. The Morgan fingerprint density at radius 3 is 2.71 bits per heavy atom. The van der Waals surface area contributed by atoms with E-state index in [-0.39, 0.29) is 0 Å². The van der Waals surface area contributed by atoms with Crippen molar-refractivity contribution in [3.63, 3.8) is 0 Å². The second kappa shape index (κ2) is 4.48. The Morgan fingerprint density at radius 1 is 1.29 bits per heavy atom. The van der Waals surface area contributed by atoms with E-state index in [2.05, 4.69) is 25.9 Å². The van der Waals surface area contributed by atoms with Crippen molar-refractivity contribution in [1.82, 2.24) is 4.98 Å². The third-order valence-corrected chi connectivity index (χ3v) is 3.16. The lowest BCUT2D eigenvalue weighted by Gasteiger charge is -1.89. The van der Waals surface area contributed by atoms with Gasteiger partial charge in [-0.3, -0.25) is 0 Å². The lowest BCUT2D eigenvalue weighted by molar-refractivity contribution is 1.34. The molecule has 0 bridgehead atoms. The zero-order chi connectivity index (χ0) is 9.80. The standard InChI is InChI=1S/C10H7BrN2S/c11-9-10(13-7-14-9)12-6-8-4-2-1-3-5-8/h1-7H/b12-6+. The van der Waals surface area contributed by atoms with E-state index in [4.69, 9.17) is 0 Å². The van der Waals surface area contributed by atoms with Gasteiger partial charge >= 0.3 is 0 Å². The Morgan fingerprint density at radius 2 is 2.07 bits per heavy atom. The van der Waals surface area contributed by atoms with Crippen LogP contribution in [0.5, 0.6) is 0 Å². The maximum atomic E-state index is 4.26. The van der Waals surface area contributed by atoms with E-state index in [0.717, 1.165) is 15.2 Å². The summed E-state index contributed by atoms with van der Waals surface area (Å²) in [7, 11) is 0. The molecule has 1 aromatic heterocycles. The molecule has 0 aliphatic heterocycles. The molecule has 2 nitrogen and oxygen atoms in total. The van der Waals surface area contributed by atoms with Gasteiger partial charge in [0.2, 0.25) is 0 Å². The molecular formula is C10H7BrN2S. The van der Waals surface area contributed by atoms with E-state index < -0.39 is 0 Å². The van der Waals surface area contributed by atoms with Crippen LogP contribution in [0.4, 0.5) is 5.82 Å². The van der Waals surface area contributed by atoms with Crippen LogP contribution in [-0.4, -0.2) is 11.2 Å². The van der Waals surface area contributed by atoms with Crippen molar-refractivity contribution < 1.29 is 0 Å². The number of aromatic nitrogens is 1. The summed E-state index contributed by atoms with van der Waals surface area (Å²) in [6.45, 7) is 0. The van der Waals surface area contributed by atoms with Gasteiger partial charge in [-0.05, 0) is 21.5 Å². The number of rotatable bonds is 2. The maximum Gasteiger partial charge on any atom is 0.177 e. The zero-order valence-electron chi connectivity index (χ0n) is 7.22. The smallest absolute Gasteiger partial charge is 0.177 e. The van der Waals surface area contributed by atoms with E-state index in [0.29, 0.717) is 0 Å². The van der Waals surface area contributed by atoms with E-state index in [1.165, 1.54) is 11.3 Å². The molecule has 0 N–H and O–H groups in total. The lowest BCUT2D eigenvalue weighted by Crippen LogP contribution is -1.77. The van der Waals surface area contributed by atoms with Crippen molar-refractivity contribution in [3.8, 4) is 0 Å². The van der Waals surface area contributed by atoms with Crippen LogP contribution >= 0.6 is 27.3 Å². The van der Waals surface area contributed by atoms with Gasteiger partial charge in [0.25, 0.3) is 0 Å². The summed E-state index contributed by atoms with van der Waals surface area (Å²) < 4.78 is 0.963. The van der Waals surface area contributed by atoms with Crippen LogP contribution in [0.15, 0.2) is 44.6 Å². The molecule has 0 unspecified atom stereocenters. The Bertz CT molecular complexity index is 436. The van der Waals surface area contributed by atoms with E-state index in [9.17, 15) is 0 Å². The van der Waals surface area contributed by atoms with Crippen LogP contribution in [0.1, 0.15) is 5.56 Å². The highest BCUT2D eigenvalue weighted by molar-refractivity contribution is 9.11. The van der Waals surface area contributed by atoms with Crippen molar-refractivity contribution in [2.45, 2.75) is 0 Å². The summed E-state index contributed by atoms with van der Waals surface area (Å²) >= 11 is 4.91. The van der Waals surface area contributed by atoms with Crippen LogP contribution in [0.3, 0.4) is 0 Å². The summed E-state index contributed by atoms with van der Waals surface area (Å²) in [4.78, 5) is 8.37. The van der Waals surface area contributed by atoms with E-state index in [1.54, 1.807) is 11.7 Å². The molecule has 0 radical (unpaired) electrons. The van der Waals surface area contributed by atoms with E-state index in [1.807, 2.05) is 30.3 Å². The number of halogens is 1. The first kappa shape index (κ1) is 9.55. The predicted octanol–water partition coefficient (Wildman–Crippen LogP) is 3.66. The molecule has 2 rings (SSSR count). The average Bonchev–Trinajstić information content (AvgIpc) is 2.63. The zero-order valence-corrected chi connectivity index (χ0v) is 9.62. The van der Waals surface area contributed by atoms with Gasteiger partial charge in [0.05, 0.1) is 5.51 Å². The van der Waals surface area contributed by atoms with Gasteiger partial charge < -0.3 is 0 Å². The molecule has 0 atom stereocenters. The number of thiazole rings is 1. The molecule has 70 valence electrons. The Balaban J connectivity index is 2.20. The number of hydrogen-bond acceptors (Lipinski definition) is 3. The van der Waals surface area contributed by atoms with Crippen molar-refractivity contribution in [1.29, 1.82) is 0 Å². The fourth-order valence-corrected chi connectivity index (χ4v) is 1.90. The quantitative estimate of drug-likeness (QED) is 0.762. The van der Waals surface area contributed by atoms with Crippen molar-refractivity contribution in [3.05, 3.63) is 45.2 Å². The monoisotopic (exact) mass is 266 g/mol. The summed E-state index contributed by atoms with van der Waals surface area (Å²) in [5.74, 6) is 0.735. The Kier molecular flexibility index (Phi) is 3.06. The first-order valence-electron chi connectivity index (χ1n) is 4.04.